The first kappa shape index (κ1) is 14.6. The second-order valence-corrected chi connectivity index (χ2v) is 5.54. The van der Waals surface area contributed by atoms with Crippen molar-refractivity contribution in [2.24, 2.45) is 5.92 Å². The lowest BCUT2D eigenvalue weighted by Gasteiger charge is -2.29. The predicted octanol–water partition coefficient (Wildman–Crippen LogP) is 1.84. The van der Waals surface area contributed by atoms with E-state index in [1.54, 1.807) is 6.07 Å². The van der Waals surface area contributed by atoms with Gasteiger partial charge in [0.05, 0.1) is 0 Å². The average molecular weight is 279 g/mol. The summed E-state index contributed by atoms with van der Waals surface area (Å²) in [5, 5.41) is 16.0. The minimum absolute atomic E-state index is 0.193. The van der Waals surface area contributed by atoms with Gasteiger partial charge in [-0.3, -0.25) is 9.48 Å². The first-order chi connectivity index (χ1) is 9.49. The third-order valence-electron chi connectivity index (χ3n) is 4.02. The van der Waals surface area contributed by atoms with Gasteiger partial charge in [0, 0.05) is 12.2 Å². The molecule has 0 spiro atoms. The Morgan fingerprint density at radius 1 is 1.45 bits per heavy atom. The summed E-state index contributed by atoms with van der Waals surface area (Å²) in [6, 6.07) is 0.978. The molecular weight excluding hydrogens is 258 g/mol. The second kappa shape index (κ2) is 6.07. The van der Waals surface area contributed by atoms with Crippen LogP contribution >= 0.6 is 0 Å². The zero-order chi connectivity index (χ0) is 14.7. The van der Waals surface area contributed by atoms with Crippen molar-refractivity contribution in [3.05, 3.63) is 18.0 Å². The Hall–Kier alpha value is -1.85. The molecule has 0 aliphatic heterocycles. The molecule has 0 saturated heterocycles. The Labute approximate surface area is 118 Å². The van der Waals surface area contributed by atoms with E-state index in [9.17, 15) is 9.59 Å². The molecule has 0 bridgehead atoms. The maximum Gasteiger partial charge on any atom is 0.328 e. The van der Waals surface area contributed by atoms with Gasteiger partial charge < -0.3 is 10.4 Å². The first-order valence-electron chi connectivity index (χ1n) is 7.08. The molecule has 3 unspecified atom stereocenters. The Morgan fingerprint density at radius 2 is 2.15 bits per heavy atom. The van der Waals surface area contributed by atoms with Gasteiger partial charge in [0.1, 0.15) is 11.7 Å². The van der Waals surface area contributed by atoms with E-state index in [0.717, 1.165) is 19.3 Å². The van der Waals surface area contributed by atoms with Gasteiger partial charge in [-0.15, -0.1) is 0 Å². The predicted molar refractivity (Wildman–Crippen MR) is 73.5 cm³/mol. The lowest BCUT2D eigenvalue weighted by Crippen LogP contribution is -2.41. The Bertz CT molecular complexity index is 498. The SMILES string of the molecule is CC1CCCCC1NC(=O)c1ccn(C(C)C(=O)O)n1. The van der Waals surface area contributed by atoms with Crippen molar-refractivity contribution in [2.75, 3.05) is 0 Å². The van der Waals surface area contributed by atoms with Crippen LogP contribution in [0, 0.1) is 5.92 Å². The normalized spacial score (nSPS) is 24.1. The molecule has 110 valence electrons. The zero-order valence-corrected chi connectivity index (χ0v) is 11.9. The van der Waals surface area contributed by atoms with Gasteiger partial charge in [0.15, 0.2) is 0 Å². The molecule has 6 heteroatoms. The average Bonchev–Trinajstić information content (AvgIpc) is 2.90. The van der Waals surface area contributed by atoms with E-state index in [1.165, 1.54) is 24.2 Å². The van der Waals surface area contributed by atoms with Crippen molar-refractivity contribution in [3.63, 3.8) is 0 Å². The van der Waals surface area contributed by atoms with Crippen molar-refractivity contribution in [1.82, 2.24) is 15.1 Å². The monoisotopic (exact) mass is 279 g/mol. The van der Waals surface area contributed by atoms with E-state index in [0.29, 0.717) is 5.92 Å². The largest absolute Gasteiger partial charge is 0.480 e. The lowest BCUT2D eigenvalue weighted by molar-refractivity contribution is -0.140. The third kappa shape index (κ3) is 3.18. The van der Waals surface area contributed by atoms with Crippen LogP contribution in [0.25, 0.3) is 0 Å². The van der Waals surface area contributed by atoms with Crippen LogP contribution in [0.15, 0.2) is 12.3 Å². The molecule has 0 aromatic carbocycles. The maximum atomic E-state index is 12.1. The van der Waals surface area contributed by atoms with Crippen LogP contribution in [-0.2, 0) is 4.79 Å². The highest BCUT2D eigenvalue weighted by Gasteiger charge is 2.24. The number of amides is 1. The van der Waals surface area contributed by atoms with Crippen LogP contribution in [0.4, 0.5) is 0 Å². The van der Waals surface area contributed by atoms with E-state index >= 15 is 0 Å². The van der Waals surface area contributed by atoms with Crippen molar-refractivity contribution >= 4 is 11.9 Å². The maximum absolute atomic E-state index is 12.1. The summed E-state index contributed by atoms with van der Waals surface area (Å²) < 4.78 is 1.29. The molecule has 1 heterocycles. The molecule has 1 fully saturated rings. The van der Waals surface area contributed by atoms with Gasteiger partial charge in [-0.25, -0.2) is 4.79 Å². The van der Waals surface area contributed by atoms with Crippen LogP contribution in [0.1, 0.15) is 56.1 Å². The summed E-state index contributed by atoms with van der Waals surface area (Å²) in [7, 11) is 0. The summed E-state index contributed by atoms with van der Waals surface area (Å²) in [6.45, 7) is 3.68. The number of hydrogen-bond donors (Lipinski definition) is 2. The highest BCUT2D eigenvalue weighted by atomic mass is 16.4. The fourth-order valence-corrected chi connectivity index (χ4v) is 2.56. The summed E-state index contributed by atoms with van der Waals surface area (Å²) in [5.74, 6) is -0.714. The number of carbonyl (C=O) groups is 2. The molecular formula is C14H21N3O3. The summed E-state index contributed by atoms with van der Waals surface area (Å²) in [4.78, 5) is 23.0. The van der Waals surface area contributed by atoms with E-state index in [4.69, 9.17) is 5.11 Å². The summed E-state index contributed by atoms with van der Waals surface area (Å²) in [5.41, 5.74) is 0.274. The Kier molecular flexibility index (Phi) is 4.42. The molecule has 1 amide bonds. The van der Waals surface area contributed by atoms with Gasteiger partial charge >= 0.3 is 5.97 Å². The molecule has 0 radical (unpaired) electrons. The zero-order valence-electron chi connectivity index (χ0n) is 11.9. The van der Waals surface area contributed by atoms with E-state index in [-0.39, 0.29) is 17.6 Å². The Balaban J connectivity index is 2.00. The number of carbonyl (C=O) groups excluding carboxylic acids is 1. The number of aromatic nitrogens is 2. The number of nitrogens with one attached hydrogen (secondary N) is 1. The van der Waals surface area contributed by atoms with Gasteiger partial charge in [-0.2, -0.15) is 5.10 Å². The molecule has 6 nitrogen and oxygen atoms in total. The highest BCUT2D eigenvalue weighted by Crippen LogP contribution is 2.23. The smallest absolute Gasteiger partial charge is 0.328 e. The quantitative estimate of drug-likeness (QED) is 0.880. The summed E-state index contributed by atoms with van der Waals surface area (Å²) in [6.07, 6.45) is 6.02. The standard InChI is InChI=1S/C14H21N3O3/c1-9-5-3-4-6-11(9)15-13(18)12-7-8-17(16-12)10(2)14(19)20/h7-11H,3-6H2,1-2H3,(H,15,18)(H,19,20). The number of hydrogen-bond acceptors (Lipinski definition) is 3. The minimum Gasteiger partial charge on any atom is -0.480 e. The fraction of sp³-hybridized carbons (Fsp3) is 0.643. The summed E-state index contributed by atoms with van der Waals surface area (Å²) >= 11 is 0. The van der Waals surface area contributed by atoms with Gasteiger partial charge in [0.2, 0.25) is 0 Å². The third-order valence-corrected chi connectivity index (χ3v) is 4.02. The fourth-order valence-electron chi connectivity index (χ4n) is 2.56. The van der Waals surface area contributed by atoms with E-state index < -0.39 is 12.0 Å². The number of nitrogens with zero attached hydrogens (tertiary/aromatic N) is 2. The van der Waals surface area contributed by atoms with Crippen molar-refractivity contribution in [3.8, 4) is 0 Å². The number of aliphatic carboxylic acids is 1. The number of carboxylic acids is 1. The van der Waals surface area contributed by atoms with Gasteiger partial charge in [-0.05, 0) is 31.7 Å². The van der Waals surface area contributed by atoms with Crippen molar-refractivity contribution < 1.29 is 14.7 Å². The van der Waals surface area contributed by atoms with Crippen LogP contribution in [-0.4, -0.2) is 32.8 Å². The Morgan fingerprint density at radius 3 is 2.80 bits per heavy atom. The molecule has 2 rings (SSSR count). The molecule has 1 aromatic rings. The van der Waals surface area contributed by atoms with Crippen LogP contribution in [0.5, 0.6) is 0 Å². The van der Waals surface area contributed by atoms with Crippen LogP contribution in [0.3, 0.4) is 0 Å². The van der Waals surface area contributed by atoms with Crippen molar-refractivity contribution in [1.29, 1.82) is 0 Å². The molecule has 20 heavy (non-hydrogen) atoms. The van der Waals surface area contributed by atoms with Gasteiger partial charge in [0.25, 0.3) is 5.91 Å². The molecule has 1 aromatic heterocycles. The van der Waals surface area contributed by atoms with Gasteiger partial charge in [-0.1, -0.05) is 19.8 Å². The van der Waals surface area contributed by atoms with Crippen LogP contribution < -0.4 is 5.32 Å². The second-order valence-electron chi connectivity index (χ2n) is 5.54. The number of rotatable bonds is 4. The molecule has 1 aliphatic carbocycles. The molecule has 1 aliphatic rings. The van der Waals surface area contributed by atoms with E-state index in [1.807, 2.05) is 0 Å². The molecule has 2 N–H and O–H groups in total. The highest BCUT2D eigenvalue weighted by molar-refractivity contribution is 5.92. The van der Waals surface area contributed by atoms with Crippen molar-refractivity contribution in [2.45, 2.75) is 51.6 Å². The van der Waals surface area contributed by atoms with Crippen LogP contribution in [0.2, 0.25) is 0 Å². The topological polar surface area (TPSA) is 84.2 Å². The molecule has 1 saturated carbocycles. The molecule has 3 atom stereocenters. The number of carboxylic acid groups (broad SMARTS) is 1. The minimum atomic E-state index is -0.971. The van der Waals surface area contributed by atoms with E-state index in [2.05, 4.69) is 17.3 Å². The lowest BCUT2D eigenvalue weighted by atomic mass is 9.86. The first-order valence-corrected chi connectivity index (χ1v) is 7.08.